The summed E-state index contributed by atoms with van der Waals surface area (Å²) < 4.78 is 0. The molecule has 1 amide bonds. The minimum Gasteiger partial charge on any atom is -0.337 e. The van der Waals surface area contributed by atoms with Crippen LogP contribution in [0.5, 0.6) is 0 Å². The van der Waals surface area contributed by atoms with Gasteiger partial charge in [0.05, 0.1) is 11.8 Å². The van der Waals surface area contributed by atoms with Crippen molar-refractivity contribution in [2.24, 2.45) is 0 Å². The van der Waals surface area contributed by atoms with E-state index in [0.717, 1.165) is 32.6 Å². The van der Waals surface area contributed by atoms with Gasteiger partial charge in [-0.1, -0.05) is 0 Å². The average Bonchev–Trinajstić information content (AvgIpc) is 2.54. The third-order valence-electron chi connectivity index (χ3n) is 2.87. The molecule has 0 N–H and O–H groups in total. The molecule has 0 unspecified atom stereocenters. The van der Waals surface area contributed by atoms with Crippen molar-refractivity contribution in [2.45, 2.75) is 6.42 Å². The van der Waals surface area contributed by atoms with Crippen LogP contribution in [0.3, 0.4) is 0 Å². The van der Waals surface area contributed by atoms with E-state index in [-0.39, 0.29) is 5.91 Å². The lowest BCUT2D eigenvalue weighted by atomic mass is 10.2. The van der Waals surface area contributed by atoms with E-state index in [1.54, 1.807) is 18.3 Å². The fraction of sp³-hybridized carbons (Fsp3) is 0.500. The van der Waals surface area contributed by atoms with Gasteiger partial charge in [0.25, 0.3) is 5.91 Å². The lowest BCUT2D eigenvalue weighted by Gasteiger charge is -2.20. The number of pyridine rings is 1. The normalized spacial score (nSPS) is 18.2. The largest absolute Gasteiger partial charge is 0.337 e. The van der Waals surface area contributed by atoms with E-state index in [1.165, 1.54) is 0 Å². The molecule has 1 aliphatic rings. The minimum atomic E-state index is 0.0804. The first kappa shape index (κ1) is 11.1. The average molecular weight is 218 g/mol. The van der Waals surface area contributed by atoms with Crippen LogP contribution in [0.2, 0.25) is 0 Å². The Kier molecular flexibility index (Phi) is 3.51. The van der Waals surface area contributed by atoms with Gasteiger partial charge in [-0.15, -0.1) is 0 Å². The van der Waals surface area contributed by atoms with E-state index >= 15 is 0 Å². The number of nitrogens with zero attached hydrogens (tertiary/aromatic N) is 3. The molecule has 16 heavy (non-hydrogen) atoms. The van der Waals surface area contributed by atoms with Gasteiger partial charge >= 0.3 is 0 Å². The Bertz CT molecular complexity index is 353. The van der Waals surface area contributed by atoms with Crippen LogP contribution >= 0.6 is 0 Å². The molecule has 1 fully saturated rings. The quantitative estimate of drug-likeness (QED) is 0.695. The van der Waals surface area contributed by atoms with Gasteiger partial charge in [-0.25, -0.2) is 0 Å². The molecule has 0 aliphatic carbocycles. The molecule has 1 aromatic rings. The van der Waals surface area contributed by atoms with Crippen LogP contribution in [0, 0.1) is 6.20 Å². The summed E-state index contributed by atoms with van der Waals surface area (Å²) >= 11 is 0. The second-order valence-corrected chi connectivity index (χ2v) is 4.13. The van der Waals surface area contributed by atoms with Gasteiger partial charge in [0.1, 0.15) is 0 Å². The van der Waals surface area contributed by atoms with E-state index < -0.39 is 0 Å². The highest BCUT2D eigenvalue weighted by atomic mass is 16.2. The molecular formula is C12H16N3O. The van der Waals surface area contributed by atoms with Gasteiger partial charge in [-0.2, -0.15) is 0 Å². The number of hydrogen-bond donors (Lipinski definition) is 0. The van der Waals surface area contributed by atoms with Crippen LogP contribution in [0.4, 0.5) is 0 Å². The fourth-order valence-corrected chi connectivity index (χ4v) is 1.88. The summed E-state index contributed by atoms with van der Waals surface area (Å²) in [6.45, 7) is 3.64. The van der Waals surface area contributed by atoms with Crippen LogP contribution in [0.25, 0.3) is 0 Å². The first-order valence-corrected chi connectivity index (χ1v) is 5.57. The number of aromatic nitrogens is 1. The van der Waals surface area contributed by atoms with Gasteiger partial charge < -0.3 is 9.80 Å². The van der Waals surface area contributed by atoms with Crippen LogP contribution in [-0.2, 0) is 0 Å². The highest BCUT2D eigenvalue weighted by Gasteiger charge is 2.18. The van der Waals surface area contributed by atoms with Gasteiger partial charge in [-0.05, 0) is 32.1 Å². The lowest BCUT2D eigenvalue weighted by Crippen LogP contribution is -2.34. The van der Waals surface area contributed by atoms with E-state index in [0.29, 0.717) is 5.56 Å². The summed E-state index contributed by atoms with van der Waals surface area (Å²) in [5, 5.41) is 0. The number of amides is 1. The predicted octanol–water partition coefficient (Wildman–Crippen LogP) is 0.659. The Balaban J connectivity index is 2.04. The number of hydrogen-bond acceptors (Lipinski definition) is 3. The highest BCUT2D eigenvalue weighted by molar-refractivity contribution is 5.93. The summed E-state index contributed by atoms with van der Waals surface area (Å²) in [6.07, 6.45) is 5.30. The maximum absolute atomic E-state index is 12.1. The van der Waals surface area contributed by atoms with E-state index in [9.17, 15) is 4.79 Å². The summed E-state index contributed by atoms with van der Waals surface area (Å²) in [5.41, 5.74) is 0.656. The highest BCUT2D eigenvalue weighted by Crippen LogP contribution is 2.07. The molecule has 2 rings (SSSR count). The zero-order valence-electron chi connectivity index (χ0n) is 9.52. The Labute approximate surface area is 95.9 Å². The number of carbonyl (C=O) groups excluding carboxylic acids is 1. The molecule has 0 bridgehead atoms. The van der Waals surface area contributed by atoms with Gasteiger partial charge in [0, 0.05) is 25.8 Å². The molecule has 4 heteroatoms. The number of carbonyl (C=O) groups is 1. The van der Waals surface area contributed by atoms with E-state index in [4.69, 9.17) is 0 Å². The summed E-state index contributed by atoms with van der Waals surface area (Å²) in [7, 11) is 2.09. The van der Waals surface area contributed by atoms with Crippen molar-refractivity contribution in [3.63, 3.8) is 0 Å². The standard InChI is InChI=1S/C12H16N3O/c1-14-6-3-7-15(9-8-14)12(16)11-4-2-5-13-10-11/h2,4,10H,3,6-9H2,1H3. The van der Waals surface area contributed by atoms with Crippen LogP contribution in [-0.4, -0.2) is 53.9 Å². The van der Waals surface area contributed by atoms with Crippen molar-refractivity contribution in [3.05, 3.63) is 30.1 Å². The number of rotatable bonds is 1. The summed E-state index contributed by atoms with van der Waals surface area (Å²) in [6, 6.07) is 3.45. The molecular weight excluding hydrogens is 202 g/mol. The fourth-order valence-electron chi connectivity index (χ4n) is 1.88. The second kappa shape index (κ2) is 5.07. The minimum absolute atomic E-state index is 0.0804. The lowest BCUT2D eigenvalue weighted by molar-refractivity contribution is 0.0762. The molecule has 1 saturated heterocycles. The van der Waals surface area contributed by atoms with Crippen LogP contribution < -0.4 is 0 Å². The molecule has 2 heterocycles. The SMILES string of the molecule is CN1CCCN(C(=O)c2cc[c]nc2)CC1. The predicted molar refractivity (Wildman–Crippen MR) is 61.1 cm³/mol. The summed E-state index contributed by atoms with van der Waals surface area (Å²) in [5.74, 6) is 0.0804. The van der Waals surface area contributed by atoms with Crippen molar-refractivity contribution in [1.29, 1.82) is 0 Å². The molecule has 0 spiro atoms. The zero-order chi connectivity index (χ0) is 11.4. The molecule has 1 aromatic heterocycles. The monoisotopic (exact) mass is 218 g/mol. The van der Waals surface area contributed by atoms with E-state index in [2.05, 4.69) is 23.1 Å². The third-order valence-corrected chi connectivity index (χ3v) is 2.87. The number of likely N-dealkylation sites (N-methyl/N-ethyl adjacent to an activating group) is 1. The van der Waals surface area contributed by atoms with Crippen molar-refractivity contribution in [2.75, 3.05) is 33.2 Å². The van der Waals surface area contributed by atoms with Gasteiger partial charge in [0.15, 0.2) is 0 Å². The third kappa shape index (κ3) is 2.58. The molecule has 1 aliphatic heterocycles. The molecule has 1 radical (unpaired) electrons. The van der Waals surface area contributed by atoms with Gasteiger partial charge in [-0.3, -0.25) is 9.78 Å². The van der Waals surface area contributed by atoms with Crippen LogP contribution in [0.1, 0.15) is 16.8 Å². The zero-order valence-corrected chi connectivity index (χ0v) is 9.52. The van der Waals surface area contributed by atoms with Crippen molar-refractivity contribution >= 4 is 5.91 Å². The maximum atomic E-state index is 12.1. The molecule has 4 nitrogen and oxygen atoms in total. The Morgan fingerprint density at radius 3 is 3.00 bits per heavy atom. The smallest absolute Gasteiger partial charge is 0.255 e. The molecule has 0 aromatic carbocycles. The molecule has 0 atom stereocenters. The Morgan fingerprint density at radius 1 is 1.38 bits per heavy atom. The van der Waals surface area contributed by atoms with Crippen molar-refractivity contribution in [3.8, 4) is 0 Å². The molecule has 0 saturated carbocycles. The van der Waals surface area contributed by atoms with Crippen molar-refractivity contribution < 1.29 is 4.79 Å². The van der Waals surface area contributed by atoms with E-state index in [1.807, 2.05) is 4.90 Å². The second-order valence-electron chi connectivity index (χ2n) is 4.13. The summed E-state index contributed by atoms with van der Waals surface area (Å²) in [4.78, 5) is 20.1. The maximum Gasteiger partial charge on any atom is 0.255 e. The Hall–Kier alpha value is -1.42. The molecule has 85 valence electrons. The van der Waals surface area contributed by atoms with Crippen molar-refractivity contribution in [1.82, 2.24) is 14.8 Å². The van der Waals surface area contributed by atoms with Crippen LogP contribution in [0.15, 0.2) is 18.3 Å². The van der Waals surface area contributed by atoms with Gasteiger partial charge in [0.2, 0.25) is 0 Å². The Morgan fingerprint density at radius 2 is 2.25 bits per heavy atom. The first-order valence-electron chi connectivity index (χ1n) is 5.57. The first-order chi connectivity index (χ1) is 7.77. The topological polar surface area (TPSA) is 36.4 Å².